The standard InChI is InChI=1S/C7H12N4O2/c1-3-5(2)6(7(12)13)11-4-8-9-10-11/h4-6H,3H2,1-2H3,(H,12,13). The van der Waals surface area contributed by atoms with Crippen molar-refractivity contribution in [2.75, 3.05) is 0 Å². The molecule has 0 spiro atoms. The van der Waals surface area contributed by atoms with Gasteiger partial charge in [0.2, 0.25) is 0 Å². The van der Waals surface area contributed by atoms with E-state index < -0.39 is 12.0 Å². The molecule has 1 rings (SSSR count). The third kappa shape index (κ3) is 2.01. The van der Waals surface area contributed by atoms with Gasteiger partial charge in [0.1, 0.15) is 6.33 Å². The largest absolute Gasteiger partial charge is 0.480 e. The maximum absolute atomic E-state index is 10.9. The number of aliphatic carboxylic acids is 1. The van der Waals surface area contributed by atoms with E-state index in [2.05, 4.69) is 15.5 Å². The van der Waals surface area contributed by atoms with Gasteiger partial charge in [-0.1, -0.05) is 20.3 Å². The molecule has 6 nitrogen and oxygen atoms in total. The smallest absolute Gasteiger partial charge is 0.328 e. The molecule has 0 saturated heterocycles. The second-order valence-electron chi connectivity index (χ2n) is 2.96. The molecule has 0 fully saturated rings. The van der Waals surface area contributed by atoms with E-state index in [9.17, 15) is 4.79 Å². The van der Waals surface area contributed by atoms with Gasteiger partial charge in [-0.3, -0.25) is 0 Å². The van der Waals surface area contributed by atoms with Crippen LogP contribution in [0.3, 0.4) is 0 Å². The highest BCUT2D eigenvalue weighted by Crippen LogP contribution is 2.19. The van der Waals surface area contributed by atoms with E-state index >= 15 is 0 Å². The highest BCUT2D eigenvalue weighted by Gasteiger charge is 2.26. The summed E-state index contributed by atoms with van der Waals surface area (Å²) in [7, 11) is 0. The Bertz CT molecular complexity index is 272. The summed E-state index contributed by atoms with van der Waals surface area (Å²) in [6, 6.07) is -0.667. The van der Waals surface area contributed by atoms with Crippen LogP contribution < -0.4 is 0 Å². The van der Waals surface area contributed by atoms with Gasteiger partial charge in [-0.25, -0.2) is 9.48 Å². The summed E-state index contributed by atoms with van der Waals surface area (Å²) < 4.78 is 1.27. The predicted octanol–water partition coefficient (Wildman–Crippen LogP) is 0.345. The number of carboxylic acids is 1. The van der Waals surface area contributed by atoms with Gasteiger partial charge in [-0.2, -0.15) is 0 Å². The Balaban J connectivity index is 2.87. The van der Waals surface area contributed by atoms with Crippen molar-refractivity contribution >= 4 is 5.97 Å². The van der Waals surface area contributed by atoms with Crippen LogP contribution in [0.4, 0.5) is 0 Å². The van der Waals surface area contributed by atoms with Crippen molar-refractivity contribution in [3.05, 3.63) is 6.33 Å². The molecule has 0 bridgehead atoms. The molecule has 0 saturated carbocycles. The second kappa shape index (κ2) is 3.97. The number of aromatic nitrogens is 4. The van der Waals surface area contributed by atoms with Crippen molar-refractivity contribution in [3.63, 3.8) is 0 Å². The van der Waals surface area contributed by atoms with Gasteiger partial charge in [-0.15, -0.1) is 5.10 Å². The molecule has 1 N–H and O–H groups in total. The lowest BCUT2D eigenvalue weighted by molar-refractivity contribution is -0.143. The van der Waals surface area contributed by atoms with E-state index in [4.69, 9.17) is 5.11 Å². The fraction of sp³-hybridized carbons (Fsp3) is 0.714. The molecule has 2 unspecified atom stereocenters. The molecule has 6 heteroatoms. The van der Waals surface area contributed by atoms with Crippen molar-refractivity contribution in [1.82, 2.24) is 20.2 Å². The Morgan fingerprint density at radius 1 is 1.69 bits per heavy atom. The molecule has 0 aliphatic heterocycles. The van der Waals surface area contributed by atoms with Crippen molar-refractivity contribution in [2.24, 2.45) is 5.92 Å². The zero-order chi connectivity index (χ0) is 9.84. The minimum Gasteiger partial charge on any atom is -0.480 e. The Morgan fingerprint density at radius 2 is 2.38 bits per heavy atom. The van der Waals surface area contributed by atoms with Crippen LogP contribution in [0.15, 0.2) is 6.33 Å². The van der Waals surface area contributed by atoms with Crippen LogP contribution in [0.2, 0.25) is 0 Å². The van der Waals surface area contributed by atoms with Gasteiger partial charge in [0.15, 0.2) is 6.04 Å². The molecule has 0 aliphatic rings. The van der Waals surface area contributed by atoms with Gasteiger partial charge in [-0.05, 0) is 16.3 Å². The maximum atomic E-state index is 10.9. The van der Waals surface area contributed by atoms with Gasteiger partial charge < -0.3 is 5.11 Å². The zero-order valence-electron chi connectivity index (χ0n) is 7.58. The molecule has 72 valence electrons. The highest BCUT2D eigenvalue weighted by molar-refractivity contribution is 5.71. The molecule has 0 aliphatic carbocycles. The van der Waals surface area contributed by atoms with Gasteiger partial charge in [0.05, 0.1) is 0 Å². The number of tetrazole rings is 1. The molecular formula is C7H12N4O2. The fourth-order valence-corrected chi connectivity index (χ4v) is 1.14. The quantitative estimate of drug-likeness (QED) is 0.730. The van der Waals surface area contributed by atoms with Crippen LogP contribution in [-0.2, 0) is 4.79 Å². The Hall–Kier alpha value is -1.46. The molecule has 1 heterocycles. The van der Waals surface area contributed by atoms with Crippen molar-refractivity contribution < 1.29 is 9.90 Å². The maximum Gasteiger partial charge on any atom is 0.328 e. The predicted molar refractivity (Wildman–Crippen MR) is 43.9 cm³/mol. The highest BCUT2D eigenvalue weighted by atomic mass is 16.4. The van der Waals surface area contributed by atoms with E-state index in [0.29, 0.717) is 0 Å². The van der Waals surface area contributed by atoms with E-state index in [-0.39, 0.29) is 5.92 Å². The average molecular weight is 184 g/mol. The number of carbonyl (C=O) groups is 1. The van der Waals surface area contributed by atoms with Gasteiger partial charge in [0, 0.05) is 0 Å². The number of nitrogens with zero attached hydrogens (tertiary/aromatic N) is 4. The number of carboxylic acid groups (broad SMARTS) is 1. The van der Waals surface area contributed by atoms with Crippen LogP contribution in [0.25, 0.3) is 0 Å². The molecule has 0 aromatic carbocycles. The van der Waals surface area contributed by atoms with E-state index in [0.717, 1.165) is 6.42 Å². The number of hydrogen-bond donors (Lipinski definition) is 1. The monoisotopic (exact) mass is 184 g/mol. The Morgan fingerprint density at radius 3 is 2.77 bits per heavy atom. The summed E-state index contributed by atoms with van der Waals surface area (Å²) in [6.45, 7) is 3.80. The van der Waals surface area contributed by atoms with E-state index in [1.165, 1.54) is 11.0 Å². The molecule has 0 amide bonds. The molecule has 13 heavy (non-hydrogen) atoms. The average Bonchev–Trinajstić information content (AvgIpc) is 2.56. The molecule has 0 radical (unpaired) electrons. The van der Waals surface area contributed by atoms with Crippen LogP contribution in [0.1, 0.15) is 26.3 Å². The molecule has 1 aromatic heterocycles. The summed E-state index contributed by atoms with van der Waals surface area (Å²) in [4.78, 5) is 10.9. The first-order valence-electron chi connectivity index (χ1n) is 4.12. The second-order valence-corrected chi connectivity index (χ2v) is 2.96. The summed E-state index contributed by atoms with van der Waals surface area (Å²) in [5, 5.41) is 19.3. The number of rotatable bonds is 4. The molecule has 1 aromatic rings. The van der Waals surface area contributed by atoms with Crippen LogP contribution in [0, 0.1) is 5.92 Å². The van der Waals surface area contributed by atoms with Crippen LogP contribution in [-0.4, -0.2) is 31.3 Å². The van der Waals surface area contributed by atoms with Crippen LogP contribution in [0.5, 0.6) is 0 Å². The SMILES string of the molecule is CCC(C)C(C(=O)O)n1cnnn1. The lowest BCUT2D eigenvalue weighted by Gasteiger charge is -2.17. The van der Waals surface area contributed by atoms with E-state index in [1.807, 2.05) is 13.8 Å². The number of hydrogen-bond acceptors (Lipinski definition) is 4. The third-order valence-corrected chi connectivity index (χ3v) is 2.09. The van der Waals surface area contributed by atoms with Crippen LogP contribution >= 0.6 is 0 Å². The minimum absolute atomic E-state index is 0.0148. The molecular weight excluding hydrogens is 172 g/mol. The van der Waals surface area contributed by atoms with Gasteiger partial charge >= 0.3 is 5.97 Å². The van der Waals surface area contributed by atoms with Crippen molar-refractivity contribution in [2.45, 2.75) is 26.3 Å². The first-order valence-corrected chi connectivity index (χ1v) is 4.12. The summed E-state index contributed by atoms with van der Waals surface area (Å²) in [5.74, 6) is -0.886. The fourth-order valence-electron chi connectivity index (χ4n) is 1.14. The molecule has 2 atom stereocenters. The summed E-state index contributed by atoms with van der Waals surface area (Å²) >= 11 is 0. The first-order chi connectivity index (χ1) is 6.16. The topological polar surface area (TPSA) is 80.9 Å². The van der Waals surface area contributed by atoms with Crippen molar-refractivity contribution in [3.8, 4) is 0 Å². The minimum atomic E-state index is -0.901. The lowest BCUT2D eigenvalue weighted by Crippen LogP contribution is -2.25. The Labute approximate surface area is 75.6 Å². The Kier molecular flexibility index (Phi) is 2.94. The lowest BCUT2D eigenvalue weighted by atomic mass is 10.00. The normalized spacial score (nSPS) is 15.2. The summed E-state index contributed by atoms with van der Waals surface area (Å²) in [6.07, 6.45) is 2.10. The van der Waals surface area contributed by atoms with Gasteiger partial charge in [0.25, 0.3) is 0 Å². The van der Waals surface area contributed by atoms with Crippen molar-refractivity contribution in [1.29, 1.82) is 0 Å². The third-order valence-electron chi connectivity index (χ3n) is 2.09. The zero-order valence-corrected chi connectivity index (χ0v) is 7.58. The summed E-state index contributed by atoms with van der Waals surface area (Å²) in [5.41, 5.74) is 0. The first kappa shape index (κ1) is 9.63. The van der Waals surface area contributed by atoms with E-state index in [1.54, 1.807) is 0 Å².